The Morgan fingerprint density at radius 1 is 1.11 bits per heavy atom. The fourth-order valence-corrected chi connectivity index (χ4v) is 4.12. The third-order valence-corrected chi connectivity index (χ3v) is 5.14. The molecule has 2 fully saturated rings. The molecule has 0 amide bonds. The van der Waals surface area contributed by atoms with Crippen molar-refractivity contribution in [2.45, 2.75) is 38.1 Å². The molecule has 0 aromatic heterocycles. The number of benzene rings is 1. The number of halogens is 5. The Morgan fingerprint density at radius 2 is 1.74 bits per heavy atom. The standard InChI is InChI=1S/C18H25F3N2O2.2ClH/c1-24-16-7-6-14(25-18(19,20)21)12-15(16)17(13-4-2-3-5-13)23-10-8-22-9-11-23;;/h6-7,12-13,17,22H,2-5,8-11H2,1H3;2*1H/t17-;;/m0../s1. The van der Waals surface area contributed by atoms with Crippen LogP contribution in [0, 0.1) is 5.92 Å². The first kappa shape index (κ1) is 24.1. The third kappa shape index (κ3) is 6.31. The molecule has 3 rings (SSSR count). The summed E-state index contributed by atoms with van der Waals surface area (Å²) >= 11 is 0. The first-order valence-corrected chi connectivity index (χ1v) is 8.86. The van der Waals surface area contributed by atoms with Gasteiger partial charge in [0.05, 0.1) is 7.11 Å². The maximum Gasteiger partial charge on any atom is 0.573 e. The van der Waals surface area contributed by atoms with Crippen LogP contribution in [0.25, 0.3) is 0 Å². The Labute approximate surface area is 170 Å². The van der Waals surface area contributed by atoms with E-state index < -0.39 is 6.36 Å². The molecule has 9 heteroatoms. The number of rotatable bonds is 5. The molecule has 0 bridgehead atoms. The highest BCUT2D eigenvalue weighted by molar-refractivity contribution is 5.85. The molecule has 1 saturated heterocycles. The SMILES string of the molecule is COc1ccc(OC(F)(F)F)cc1[C@H](C1CCCC1)N1CCNCC1.Cl.Cl. The van der Waals surface area contributed by atoms with E-state index in [1.807, 2.05) is 0 Å². The third-order valence-electron chi connectivity index (χ3n) is 5.14. The van der Waals surface area contributed by atoms with Gasteiger partial charge in [-0.05, 0) is 37.0 Å². The Kier molecular flexibility index (Phi) is 9.48. The first-order valence-electron chi connectivity index (χ1n) is 8.86. The number of nitrogens with one attached hydrogen (secondary N) is 1. The van der Waals surface area contributed by atoms with Crippen molar-refractivity contribution in [3.05, 3.63) is 23.8 Å². The van der Waals surface area contributed by atoms with Crippen molar-refractivity contribution in [3.63, 3.8) is 0 Å². The van der Waals surface area contributed by atoms with Crippen molar-refractivity contribution in [1.82, 2.24) is 10.2 Å². The zero-order valence-electron chi connectivity index (χ0n) is 15.3. The van der Waals surface area contributed by atoms with Crippen LogP contribution in [-0.2, 0) is 0 Å². The fourth-order valence-electron chi connectivity index (χ4n) is 4.12. The van der Waals surface area contributed by atoms with Crippen LogP contribution in [-0.4, -0.2) is 44.6 Å². The van der Waals surface area contributed by atoms with E-state index in [1.165, 1.54) is 25.0 Å². The molecular weight excluding hydrogens is 404 g/mol. The summed E-state index contributed by atoms with van der Waals surface area (Å²) in [5.74, 6) is 0.888. The lowest BCUT2D eigenvalue weighted by Gasteiger charge is -2.39. The van der Waals surface area contributed by atoms with Crippen LogP contribution in [0.1, 0.15) is 37.3 Å². The number of nitrogens with zero attached hydrogens (tertiary/aromatic N) is 1. The van der Waals surface area contributed by atoms with E-state index in [2.05, 4.69) is 15.0 Å². The van der Waals surface area contributed by atoms with Gasteiger partial charge in [-0.15, -0.1) is 38.0 Å². The van der Waals surface area contributed by atoms with E-state index in [0.29, 0.717) is 11.7 Å². The molecule has 27 heavy (non-hydrogen) atoms. The Balaban J connectivity index is 0.00000182. The summed E-state index contributed by atoms with van der Waals surface area (Å²) in [4.78, 5) is 2.38. The molecule has 0 radical (unpaired) electrons. The second-order valence-corrected chi connectivity index (χ2v) is 6.73. The van der Waals surface area contributed by atoms with E-state index in [0.717, 1.165) is 44.6 Å². The van der Waals surface area contributed by atoms with Gasteiger partial charge in [-0.2, -0.15) is 0 Å². The number of ether oxygens (including phenoxy) is 2. The maximum absolute atomic E-state index is 12.6. The Morgan fingerprint density at radius 3 is 2.30 bits per heavy atom. The van der Waals surface area contributed by atoms with Crippen LogP contribution in [0.5, 0.6) is 11.5 Å². The number of hydrogen-bond acceptors (Lipinski definition) is 4. The van der Waals surface area contributed by atoms with E-state index in [9.17, 15) is 13.2 Å². The molecule has 0 spiro atoms. The minimum absolute atomic E-state index is 0. The summed E-state index contributed by atoms with van der Waals surface area (Å²) in [5, 5.41) is 3.34. The molecule has 1 heterocycles. The lowest BCUT2D eigenvalue weighted by atomic mass is 9.89. The molecule has 1 N–H and O–H groups in total. The highest BCUT2D eigenvalue weighted by Crippen LogP contribution is 2.44. The van der Waals surface area contributed by atoms with Crippen molar-refractivity contribution in [2.24, 2.45) is 5.92 Å². The molecule has 2 aliphatic rings. The summed E-state index contributed by atoms with van der Waals surface area (Å²) in [6, 6.07) is 4.48. The average molecular weight is 431 g/mol. The van der Waals surface area contributed by atoms with Gasteiger partial charge in [-0.3, -0.25) is 4.90 Å². The topological polar surface area (TPSA) is 33.7 Å². The zero-order valence-corrected chi connectivity index (χ0v) is 16.9. The van der Waals surface area contributed by atoms with Crippen molar-refractivity contribution in [1.29, 1.82) is 0 Å². The summed E-state index contributed by atoms with van der Waals surface area (Å²) in [6.45, 7) is 3.55. The number of alkyl halides is 3. The molecule has 1 aliphatic carbocycles. The summed E-state index contributed by atoms with van der Waals surface area (Å²) in [7, 11) is 1.56. The second-order valence-electron chi connectivity index (χ2n) is 6.73. The van der Waals surface area contributed by atoms with Gasteiger partial charge in [0.15, 0.2) is 0 Å². The number of piperazine rings is 1. The van der Waals surface area contributed by atoms with Crippen LogP contribution in [0.2, 0.25) is 0 Å². The predicted octanol–water partition coefficient (Wildman–Crippen LogP) is 4.57. The lowest BCUT2D eigenvalue weighted by molar-refractivity contribution is -0.274. The van der Waals surface area contributed by atoms with Gasteiger partial charge in [-0.1, -0.05) is 12.8 Å². The van der Waals surface area contributed by atoms with Crippen molar-refractivity contribution in [2.75, 3.05) is 33.3 Å². The average Bonchev–Trinajstić information content (AvgIpc) is 3.09. The van der Waals surface area contributed by atoms with E-state index in [4.69, 9.17) is 4.74 Å². The normalized spacial score (nSPS) is 19.7. The molecule has 1 aromatic rings. The molecule has 0 unspecified atom stereocenters. The minimum atomic E-state index is -4.69. The zero-order chi connectivity index (χ0) is 17.9. The van der Waals surface area contributed by atoms with Gasteiger partial charge in [0.1, 0.15) is 11.5 Å². The molecule has 1 saturated carbocycles. The van der Waals surface area contributed by atoms with Crippen molar-refractivity contribution in [3.8, 4) is 11.5 Å². The predicted molar refractivity (Wildman–Crippen MR) is 103 cm³/mol. The largest absolute Gasteiger partial charge is 0.573 e. The van der Waals surface area contributed by atoms with Crippen LogP contribution in [0.15, 0.2) is 18.2 Å². The molecule has 1 aromatic carbocycles. The molecule has 1 aliphatic heterocycles. The van der Waals surface area contributed by atoms with Gasteiger partial charge >= 0.3 is 6.36 Å². The van der Waals surface area contributed by atoms with Crippen LogP contribution in [0.4, 0.5) is 13.2 Å². The minimum Gasteiger partial charge on any atom is -0.496 e. The van der Waals surface area contributed by atoms with Crippen molar-refractivity contribution < 1.29 is 22.6 Å². The molecule has 156 valence electrons. The van der Waals surface area contributed by atoms with Gasteiger partial charge < -0.3 is 14.8 Å². The number of hydrogen-bond donors (Lipinski definition) is 1. The van der Waals surface area contributed by atoms with E-state index in [-0.39, 0.29) is 36.6 Å². The van der Waals surface area contributed by atoms with Crippen LogP contribution >= 0.6 is 24.8 Å². The molecule has 1 atom stereocenters. The van der Waals surface area contributed by atoms with E-state index >= 15 is 0 Å². The smallest absolute Gasteiger partial charge is 0.496 e. The van der Waals surface area contributed by atoms with E-state index in [1.54, 1.807) is 13.2 Å². The first-order chi connectivity index (χ1) is 12.0. The quantitative estimate of drug-likeness (QED) is 0.741. The van der Waals surface area contributed by atoms with Crippen LogP contribution in [0.3, 0.4) is 0 Å². The Hall–Kier alpha value is -0.890. The summed E-state index contributed by atoms with van der Waals surface area (Å²) in [6.07, 6.45) is -0.142. The van der Waals surface area contributed by atoms with Gasteiger partial charge in [0.2, 0.25) is 0 Å². The highest BCUT2D eigenvalue weighted by atomic mass is 35.5. The fraction of sp³-hybridized carbons (Fsp3) is 0.667. The monoisotopic (exact) mass is 430 g/mol. The van der Waals surface area contributed by atoms with Gasteiger partial charge in [0.25, 0.3) is 0 Å². The molecule has 4 nitrogen and oxygen atoms in total. The second kappa shape index (κ2) is 10.6. The number of methoxy groups -OCH3 is 1. The highest BCUT2D eigenvalue weighted by Gasteiger charge is 2.35. The van der Waals surface area contributed by atoms with Gasteiger partial charge in [-0.25, -0.2) is 0 Å². The summed E-state index contributed by atoms with van der Waals surface area (Å²) < 4.78 is 47.6. The van der Waals surface area contributed by atoms with Gasteiger partial charge in [0, 0.05) is 37.8 Å². The lowest BCUT2D eigenvalue weighted by Crippen LogP contribution is -2.46. The molecular formula is C18H27Cl2F3N2O2. The maximum atomic E-state index is 12.6. The van der Waals surface area contributed by atoms with Crippen LogP contribution < -0.4 is 14.8 Å². The Bertz CT molecular complexity index is 578. The summed E-state index contributed by atoms with van der Waals surface area (Å²) in [5.41, 5.74) is 0.804. The van der Waals surface area contributed by atoms with Crippen molar-refractivity contribution >= 4 is 24.8 Å².